The van der Waals surface area contributed by atoms with Crippen molar-refractivity contribution in [2.45, 2.75) is 52.4 Å². The van der Waals surface area contributed by atoms with E-state index in [-0.39, 0.29) is 0 Å². The molecule has 2 atom stereocenters. The van der Waals surface area contributed by atoms with E-state index < -0.39 is 11.4 Å². The van der Waals surface area contributed by atoms with Crippen LogP contribution in [0, 0.1) is 11.3 Å². The van der Waals surface area contributed by atoms with Gasteiger partial charge in [-0.15, -0.1) is 0 Å². The average Bonchev–Trinajstić information content (AvgIpc) is 2.29. The van der Waals surface area contributed by atoms with Crippen molar-refractivity contribution in [1.82, 2.24) is 0 Å². The van der Waals surface area contributed by atoms with Crippen LogP contribution < -0.4 is 0 Å². The predicted molar refractivity (Wildman–Crippen MR) is 63.4 cm³/mol. The molecule has 0 aromatic rings. The van der Waals surface area contributed by atoms with E-state index in [0.29, 0.717) is 25.6 Å². The Bertz CT molecular complexity index is 227. The molecule has 0 aliphatic heterocycles. The summed E-state index contributed by atoms with van der Waals surface area (Å²) in [6.45, 7) is 5.36. The number of hydrogen-bond donors (Lipinski definition) is 1. The summed E-state index contributed by atoms with van der Waals surface area (Å²) < 4.78 is 5.32. The zero-order chi connectivity index (χ0) is 12.0. The second-order valence-electron chi connectivity index (χ2n) is 4.90. The number of aliphatic carboxylic acids is 1. The first-order chi connectivity index (χ1) is 7.64. The molecule has 1 saturated carbocycles. The van der Waals surface area contributed by atoms with Gasteiger partial charge in [0.15, 0.2) is 0 Å². The zero-order valence-corrected chi connectivity index (χ0v) is 10.5. The van der Waals surface area contributed by atoms with Crippen molar-refractivity contribution in [2.75, 3.05) is 13.2 Å². The van der Waals surface area contributed by atoms with E-state index >= 15 is 0 Å². The van der Waals surface area contributed by atoms with Crippen molar-refractivity contribution >= 4 is 5.97 Å². The van der Waals surface area contributed by atoms with E-state index in [9.17, 15) is 9.90 Å². The standard InChI is InChI=1S/C13H24O3/c1-3-11-6-5-7-13(10-11,12(14)15)8-9-16-4-2/h11H,3-10H2,1-2H3,(H,14,15). The summed E-state index contributed by atoms with van der Waals surface area (Å²) in [4.78, 5) is 11.5. The number of rotatable bonds is 6. The van der Waals surface area contributed by atoms with Crippen LogP contribution in [-0.4, -0.2) is 24.3 Å². The summed E-state index contributed by atoms with van der Waals surface area (Å²) in [7, 11) is 0. The molecule has 1 aliphatic rings. The van der Waals surface area contributed by atoms with Crippen LogP contribution in [0.25, 0.3) is 0 Å². The van der Waals surface area contributed by atoms with Crippen LogP contribution in [0.2, 0.25) is 0 Å². The van der Waals surface area contributed by atoms with Crippen LogP contribution in [-0.2, 0) is 9.53 Å². The van der Waals surface area contributed by atoms with Gasteiger partial charge in [-0.3, -0.25) is 4.79 Å². The Balaban J connectivity index is 2.60. The Morgan fingerprint density at radius 3 is 2.81 bits per heavy atom. The minimum Gasteiger partial charge on any atom is -0.481 e. The Kier molecular flexibility index (Phi) is 5.26. The van der Waals surface area contributed by atoms with Crippen molar-refractivity contribution in [3.05, 3.63) is 0 Å². The second kappa shape index (κ2) is 6.24. The quantitative estimate of drug-likeness (QED) is 0.711. The molecule has 0 bridgehead atoms. The highest BCUT2D eigenvalue weighted by molar-refractivity contribution is 5.74. The van der Waals surface area contributed by atoms with E-state index in [1.807, 2.05) is 6.92 Å². The predicted octanol–water partition coefficient (Wildman–Crippen LogP) is 3.08. The Hall–Kier alpha value is -0.570. The highest BCUT2D eigenvalue weighted by atomic mass is 16.5. The number of carboxylic acid groups (broad SMARTS) is 1. The molecule has 3 heteroatoms. The maximum Gasteiger partial charge on any atom is 0.309 e. The molecule has 16 heavy (non-hydrogen) atoms. The molecule has 0 radical (unpaired) electrons. The number of hydrogen-bond acceptors (Lipinski definition) is 2. The third-order valence-electron chi connectivity index (χ3n) is 3.91. The van der Waals surface area contributed by atoms with Gasteiger partial charge in [0.25, 0.3) is 0 Å². The third kappa shape index (κ3) is 3.21. The van der Waals surface area contributed by atoms with Crippen molar-refractivity contribution in [3.8, 4) is 0 Å². The fourth-order valence-electron chi connectivity index (χ4n) is 2.77. The van der Waals surface area contributed by atoms with Gasteiger partial charge in [0.05, 0.1) is 5.41 Å². The maximum absolute atomic E-state index is 11.5. The molecule has 0 spiro atoms. The molecule has 1 rings (SSSR count). The van der Waals surface area contributed by atoms with Crippen LogP contribution >= 0.6 is 0 Å². The van der Waals surface area contributed by atoms with E-state index in [2.05, 4.69) is 6.92 Å². The fraction of sp³-hybridized carbons (Fsp3) is 0.923. The lowest BCUT2D eigenvalue weighted by Crippen LogP contribution is -2.37. The van der Waals surface area contributed by atoms with E-state index in [0.717, 1.165) is 25.7 Å². The molecule has 2 unspecified atom stereocenters. The van der Waals surface area contributed by atoms with Crippen molar-refractivity contribution < 1.29 is 14.6 Å². The zero-order valence-electron chi connectivity index (χ0n) is 10.5. The largest absolute Gasteiger partial charge is 0.481 e. The highest BCUT2D eigenvalue weighted by Crippen LogP contribution is 2.43. The van der Waals surface area contributed by atoms with Gasteiger partial charge in [-0.1, -0.05) is 26.2 Å². The molecule has 3 nitrogen and oxygen atoms in total. The van der Waals surface area contributed by atoms with Crippen molar-refractivity contribution in [3.63, 3.8) is 0 Å². The van der Waals surface area contributed by atoms with Crippen molar-refractivity contribution in [2.24, 2.45) is 11.3 Å². The maximum atomic E-state index is 11.5. The lowest BCUT2D eigenvalue weighted by molar-refractivity contribution is -0.153. The summed E-state index contributed by atoms with van der Waals surface area (Å²) in [5.74, 6) is -0.0307. The normalized spacial score (nSPS) is 30.2. The van der Waals surface area contributed by atoms with Crippen molar-refractivity contribution in [1.29, 1.82) is 0 Å². The highest BCUT2D eigenvalue weighted by Gasteiger charge is 2.41. The van der Waals surface area contributed by atoms with Gasteiger partial charge in [0.1, 0.15) is 0 Å². The molecule has 0 amide bonds. The number of carboxylic acids is 1. The van der Waals surface area contributed by atoms with E-state index in [1.165, 1.54) is 6.42 Å². The summed E-state index contributed by atoms with van der Waals surface area (Å²) in [5, 5.41) is 9.45. The smallest absolute Gasteiger partial charge is 0.309 e. The molecule has 0 heterocycles. The summed E-state index contributed by atoms with van der Waals surface area (Å²) in [6.07, 6.45) is 5.69. The molecule has 94 valence electrons. The topological polar surface area (TPSA) is 46.5 Å². The van der Waals surface area contributed by atoms with E-state index in [1.54, 1.807) is 0 Å². The second-order valence-corrected chi connectivity index (χ2v) is 4.90. The Morgan fingerprint density at radius 1 is 1.50 bits per heavy atom. The number of carbonyl (C=O) groups is 1. The van der Waals surface area contributed by atoms with Gasteiger partial charge in [-0.05, 0) is 32.1 Å². The Morgan fingerprint density at radius 2 is 2.25 bits per heavy atom. The molecule has 1 aliphatic carbocycles. The molecule has 0 aromatic heterocycles. The SMILES string of the molecule is CCOCCC1(C(=O)O)CCCC(CC)C1. The summed E-state index contributed by atoms with van der Waals surface area (Å²) >= 11 is 0. The van der Waals surface area contributed by atoms with Crippen LogP contribution in [0.15, 0.2) is 0 Å². The lowest BCUT2D eigenvalue weighted by atomic mass is 9.67. The van der Waals surface area contributed by atoms with Crippen LogP contribution in [0.5, 0.6) is 0 Å². The van der Waals surface area contributed by atoms with Gasteiger partial charge < -0.3 is 9.84 Å². The minimum atomic E-state index is -0.620. The molecule has 0 saturated heterocycles. The van der Waals surface area contributed by atoms with Crippen LogP contribution in [0.1, 0.15) is 52.4 Å². The summed E-state index contributed by atoms with van der Waals surface area (Å²) in [6, 6.07) is 0. The third-order valence-corrected chi connectivity index (χ3v) is 3.91. The Labute approximate surface area is 98.2 Å². The van der Waals surface area contributed by atoms with Crippen LogP contribution in [0.3, 0.4) is 0 Å². The van der Waals surface area contributed by atoms with Gasteiger partial charge in [-0.2, -0.15) is 0 Å². The summed E-state index contributed by atoms with van der Waals surface area (Å²) in [5.41, 5.74) is -0.506. The van der Waals surface area contributed by atoms with Crippen LogP contribution in [0.4, 0.5) is 0 Å². The fourth-order valence-corrected chi connectivity index (χ4v) is 2.77. The minimum absolute atomic E-state index is 0.506. The molecule has 1 N–H and O–H groups in total. The number of ether oxygens (including phenoxy) is 1. The first-order valence-electron chi connectivity index (χ1n) is 6.45. The van der Waals surface area contributed by atoms with Gasteiger partial charge in [-0.25, -0.2) is 0 Å². The average molecular weight is 228 g/mol. The van der Waals surface area contributed by atoms with Gasteiger partial charge >= 0.3 is 5.97 Å². The lowest BCUT2D eigenvalue weighted by Gasteiger charge is -2.37. The molecule has 0 aromatic carbocycles. The molecular weight excluding hydrogens is 204 g/mol. The van der Waals surface area contributed by atoms with E-state index in [4.69, 9.17) is 4.74 Å². The van der Waals surface area contributed by atoms with Gasteiger partial charge in [0, 0.05) is 13.2 Å². The van der Waals surface area contributed by atoms with Gasteiger partial charge in [0.2, 0.25) is 0 Å². The molecular formula is C13H24O3. The molecule has 1 fully saturated rings. The first-order valence-corrected chi connectivity index (χ1v) is 6.45. The first kappa shape index (κ1) is 13.5. The monoisotopic (exact) mass is 228 g/mol.